The van der Waals surface area contributed by atoms with Gasteiger partial charge >= 0.3 is 0 Å². The van der Waals surface area contributed by atoms with Gasteiger partial charge in [0.15, 0.2) is 5.82 Å². The lowest BCUT2D eigenvalue weighted by Gasteiger charge is -1.99. The van der Waals surface area contributed by atoms with Gasteiger partial charge in [0.1, 0.15) is 11.5 Å². The second-order valence-corrected chi connectivity index (χ2v) is 4.38. The van der Waals surface area contributed by atoms with E-state index in [-0.39, 0.29) is 17.4 Å². The number of hydrogen-bond acceptors (Lipinski definition) is 5. The average Bonchev–Trinajstić information content (AvgIpc) is 2.88. The zero-order chi connectivity index (χ0) is 13.9. The summed E-state index contributed by atoms with van der Waals surface area (Å²) in [4.78, 5) is 4.25. The van der Waals surface area contributed by atoms with Crippen LogP contribution >= 0.6 is 0 Å². The number of rotatable bonds is 3. The molecule has 0 aliphatic carbocycles. The maximum Gasteiger partial charge on any atom is 0.261 e. The monoisotopic (exact) mass is 268 g/mol. The van der Waals surface area contributed by atoms with Crippen molar-refractivity contribution in [1.29, 1.82) is 0 Å². The van der Waals surface area contributed by atoms with Gasteiger partial charge in [-0.15, -0.1) is 0 Å². The van der Waals surface area contributed by atoms with Crippen LogP contribution in [-0.2, 0) is 6.42 Å². The Morgan fingerprint density at radius 3 is 2.55 bits per heavy atom. The molecule has 0 saturated carbocycles. The van der Waals surface area contributed by atoms with Crippen LogP contribution in [0.5, 0.6) is 11.5 Å². The van der Waals surface area contributed by atoms with Crippen LogP contribution < -0.4 is 0 Å². The van der Waals surface area contributed by atoms with Crippen LogP contribution in [0.15, 0.2) is 53.1 Å². The van der Waals surface area contributed by atoms with Gasteiger partial charge in [-0.25, -0.2) is 0 Å². The van der Waals surface area contributed by atoms with E-state index in [2.05, 4.69) is 10.1 Å². The van der Waals surface area contributed by atoms with Gasteiger partial charge < -0.3 is 14.7 Å². The summed E-state index contributed by atoms with van der Waals surface area (Å²) in [5.41, 5.74) is 1.48. The molecule has 20 heavy (non-hydrogen) atoms. The van der Waals surface area contributed by atoms with E-state index in [1.165, 1.54) is 18.2 Å². The molecule has 0 radical (unpaired) electrons. The predicted molar refractivity (Wildman–Crippen MR) is 72.3 cm³/mol. The fraction of sp³-hybridized carbons (Fsp3) is 0.0667. The van der Waals surface area contributed by atoms with E-state index in [0.29, 0.717) is 17.8 Å². The van der Waals surface area contributed by atoms with Crippen molar-refractivity contribution in [2.45, 2.75) is 6.42 Å². The Morgan fingerprint density at radius 1 is 1.00 bits per heavy atom. The summed E-state index contributed by atoms with van der Waals surface area (Å²) in [7, 11) is 0. The van der Waals surface area contributed by atoms with E-state index in [9.17, 15) is 10.2 Å². The van der Waals surface area contributed by atoms with E-state index < -0.39 is 0 Å². The number of benzene rings is 2. The lowest BCUT2D eigenvalue weighted by molar-refractivity contribution is 0.417. The first kappa shape index (κ1) is 12.2. The van der Waals surface area contributed by atoms with Crippen LogP contribution in [0.4, 0.5) is 0 Å². The summed E-state index contributed by atoms with van der Waals surface area (Å²) >= 11 is 0. The van der Waals surface area contributed by atoms with Crippen LogP contribution in [0.1, 0.15) is 11.4 Å². The number of hydrogen-bond donors (Lipinski definition) is 2. The molecule has 0 unspecified atom stereocenters. The molecule has 0 bridgehead atoms. The molecule has 3 rings (SSSR count). The van der Waals surface area contributed by atoms with E-state index in [4.69, 9.17) is 4.52 Å². The van der Waals surface area contributed by atoms with Crippen molar-refractivity contribution in [3.05, 3.63) is 59.9 Å². The molecule has 5 nitrogen and oxygen atoms in total. The van der Waals surface area contributed by atoms with Crippen molar-refractivity contribution in [1.82, 2.24) is 10.1 Å². The molecule has 2 N–H and O–H groups in total. The molecule has 0 fully saturated rings. The third-order valence-electron chi connectivity index (χ3n) is 2.88. The van der Waals surface area contributed by atoms with Gasteiger partial charge in [0, 0.05) is 12.5 Å². The summed E-state index contributed by atoms with van der Waals surface area (Å²) in [6.45, 7) is 0. The van der Waals surface area contributed by atoms with Crippen LogP contribution in [0, 0.1) is 0 Å². The molecule has 0 aliphatic heterocycles. The maximum absolute atomic E-state index is 9.76. The molecule has 100 valence electrons. The van der Waals surface area contributed by atoms with Gasteiger partial charge in [-0.2, -0.15) is 4.98 Å². The maximum atomic E-state index is 9.76. The quantitative estimate of drug-likeness (QED) is 0.763. The molecule has 0 spiro atoms. The van der Waals surface area contributed by atoms with E-state index in [1.54, 1.807) is 0 Å². The number of nitrogens with zero attached hydrogens (tertiary/aromatic N) is 2. The van der Waals surface area contributed by atoms with E-state index >= 15 is 0 Å². The lowest BCUT2D eigenvalue weighted by Crippen LogP contribution is -1.90. The largest absolute Gasteiger partial charge is 0.508 e. The fourth-order valence-electron chi connectivity index (χ4n) is 1.91. The predicted octanol–water partition coefficient (Wildman–Crippen LogP) is 2.74. The topological polar surface area (TPSA) is 79.4 Å². The Labute approximate surface area is 115 Å². The number of phenolic OH excluding ortho intramolecular Hbond substituents is 2. The Balaban J connectivity index is 1.87. The van der Waals surface area contributed by atoms with Crippen molar-refractivity contribution in [3.63, 3.8) is 0 Å². The van der Waals surface area contributed by atoms with Gasteiger partial charge in [0.25, 0.3) is 5.89 Å². The molecular weight excluding hydrogens is 256 g/mol. The highest BCUT2D eigenvalue weighted by molar-refractivity contribution is 5.63. The first-order valence-corrected chi connectivity index (χ1v) is 6.11. The molecule has 0 aliphatic rings. The first-order valence-electron chi connectivity index (χ1n) is 6.11. The normalized spacial score (nSPS) is 10.6. The number of aromatic nitrogens is 2. The Morgan fingerprint density at radius 2 is 1.80 bits per heavy atom. The minimum absolute atomic E-state index is 0.0183. The van der Waals surface area contributed by atoms with Crippen LogP contribution in [0.25, 0.3) is 11.5 Å². The summed E-state index contributed by atoms with van der Waals surface area (Å²) < 4.78 is 5.14. The van der Waals surface area contributed by atoms with Crippen molar-refractivity contribution in [3.8, 4) is 23.0 Å². The lowest BCUT2D eigenvalue weighted by atomic mass is 10.1. The average molecular weight is 268 g/mol. The summed E-state index contributed by atoms with van der Waals surface area (Å²) in [6, 6.07) is 14.0. The zero-order valence-electron chi connectivity index (χ0n) is 10.5. The van der Waals surface area contributed by atoms with Crippen molar-refractivity contribution in [2.24, 2.45) is 0 Å². The number of aromatic hydroxyl groups is 2. The molecule has 2 aromatic carbocycles. The second-order valence-electron chi connectivity index (χ2n) is 4.38. The first-order chi connectivity index (χ1) is 9.72. The van der Waals surface area contributed by atoms with E-state index in [0.717, 1.165) is 5.56 Å². The van der Waals surface area contributed by atoms with Crippen LogP contribution in [0.3, 0.4) is 0 Å². The Kier molecular flexibility index (Phi) is 3.09. The second kappa shape index (κ2) is 5.05. The third-order valence-corrected chi connectivity index (χ3v) is 2.88. The molecule has 0 saturated heterocycles. The molecule has 0 amide bonds. The smallest absolute Gasteiger partial charge is 0.261 e. The molecular formula is C15H12N2O3. The summed E-state index contributed by atoms with van der Waals surface area (Å²) in [5, 5.41) is 22.9. The highest BCUT2D eigenvalue weighted by atomic mass is 16.5. The standard InChI is InChI=1S/C15H12N2O3/c18-11-6-7-12(13(19)9-11)15-16-14(17-20-15)8-10-4-2-1-3-5-10/h1-7,9,18-19H,8H2. The highest BCUT2D eigenvalue weighted by Gasteiger charge is 2.13. The SMILES string of the molecule is Oc1ccc(-c2nc(Cc3ccccc3)no2)c(O)c1. The van der Waals surface area contributed by atoms with Gasteiger partial charge in [0.05, 0.1) is 5.56 Å². The van der Waals surface area contributed by atoms with Gasteiger partial charge in [-0.3, -0.25) is 0 Å². The zero-order valence-corrected chi connectivity index (χ0v) is 10.5. The Bertz CT molecular complexity index is 723. The highest BCUT2D eigenvalue weighted by Crippen LogP contribution is 2.30. The van der Waals surface area contributed by atoms with Crippen LogP contribution in [0.2, 0.25) is 0 Å². The Hall–Kier alpha value is -2.82. The minimum atomic E-state index is -0.0973. The number of phenols is 2. The molecule has 1 heterocycles. The minimum Gasteiger partial charge on any atom is -0.508 e. The molecule has 5 heteroatoms. The molecule has 3 aromatic rings. The van der Waals surface area contributed by atoms with E-state index in [1.807, 2.05) is 30.3 Å². The van der Waals surface area contributed by atoms with Gasteiger partial charge in [-0.1, -0.05) is 35.5 Å². The van der Waals surface area contributed by atoms with Crippen LogP contribution in [-0.4, -0.2) is 20.4 Å². The summed E-state index contributed by atoms with van der Waals surface area (Å²) in [6.07, 6.45) is 0.559. The summed E-state index contributed by atoms with van der Waals surface area (Å²) in [5.74, 6) is 0.655. The van der Waals surface area contributed by atoms with Gasteiger partial charge in [-0.05, 0) is 17.7 Å². The van der Waals surface area contributed by atoms with Crippen molar-refractivity contribution >= 4 is 0 Å². The fourth-order valence-corrected chi connectivity index (χ4v) is 1.91. The molecule has 0 atom stereocenters. The van der Waals surface area contributed by atoms with Gasteiger partial charge in [0.2, 0.25) is 0 Å². The third kappa shape index (κ3) is 2.47. The van der Waals surface area contributed by atoms with Crippen molar-refractivity contribution in [2.75, 3.05) is 0 Å². The molecule has 1 aromatic heterocycles. The van der Waals surface area contributed by atoms with Crippen molar-refractivity contribution < 1.29 is 14.7 Å².